The van der Waals surface area contributed by atoms with Gasteiger partial charge in [0.2, 0.25) is 0 Å². The molecule has 0 amide bonds. The molecule has 0 saturated carbocycles. The first-order valence-corrected chi connectivity index (χ1v) is 4.41. The van der Waals surface area contributed by atoms with Gasteiger partial charge in [-0.25, -0.2) is 4.39 Å². The van der Waals surface area contributed by atoms with Crippen LogP contribution in [0.15, 0.2) is 18.2 Å². The highest BCUT2D eigenvalue weighted by atomic mass is 19.1. The molecule has 0 radical (unpaired) electrons. The van der Waals surface area contributed by atoms with Gasteiger partial charge in [0.25, 0.3) is 0 Å². The normalized spacial score (nSPS) is 27.0. The number of aryl methyl sites for hydroxylation is 1. The molecule has 2 atom stereocenters. The van der Waals surface area contributed by atoms with E-state index in [1.165, 1.54) is 6.07 Å². The molecule has 0 spiro atoms. The minimum absolute atomic E-state index is 0.302. The van der Waals surface area contributed by atoms with Crippen molar-refractivity contribution in [2.45, 2.75) is 25.0 Å². The van der Waals surface area contributed by atoms with Crippen molar-refractivity contribution in [1.82, 2.24) is 0 Å². The summed E-state index contributed by atoms with van der Waals surface area (Å²) < 4.78 is 13.3. The van der Waals surface area contributed by atoms with Gasteiger partial charge in [-0.1, -0.05) is 12.1 Å². The number of rotatable bonds is 0. The van der Waals surface area contributed by atoms with Gasteiger partial charge in [0.15, 0.2) is 0 Å². The lowest BCUT2D eigenvalue weighted by molar-refractivity contribution is 0.126. The maximum Gasteiger partial charge on any atom is 0.128 e. The Kier molecular flexibility index (Phi) is 2.06. The highest BCUT2D eigenvalue weighted by Crippen LogP contribution is 2.29. The number of hydrogen-bond donors (Lipinski definition) is 2. The van der Waals surface area contributed by atoms with Crippen molar-refractivity contribution in [3.63, 3.8) is 0 Å². The number of hydrogen-bond acceptors (Lipinski definition) is 2. The van der Waals surface area contributed by atoms with Gasteiger partial charge in [-0.15, -0.1) is 0 Å². The molecule has 0 saturated heterocycles. The topological polar surface area (TPSA) is 46.2 Å². The predicted octanol–water partition coefficient (Wildman–Crippen LogP) is 1.13. The van der Waals surface area contributed by atoms with Crippen molar-refractivity contribution >= 4 is 0 Å². The van der Waals surface area contributed by atoms with Crippen LogP contribution in [-0.4, -0.2) is 11.2 Å². The van der Waals surface area contributed by atoms with Crippen LogP contribution in [0.2, 0.25) is 0 Å². The molecule has 0 aromatic heterocycles. The molecule has 0 bridgehead atoms. The molecule has 0 aliphatic heterocycles. The van der Waals surface area contributed by atoms with E-state index in [0.29, 0.717) is 18.4 Å². The largest absolute Gasteiger partial charge is 0.391 e. The molecule has 1 aliphatic carbocycles. The average Bonchev–Trinajstić information content (AvgIpc) is 2.12. The Morgan fingerprint density at radius 2 is 2.23 bits per heavy atom. The molecule has 1 aliphatic rings. The van der Waals surface area contributed by atoms with E-state index in [2.05, 4.69) is 0 Å². The molecule has 13 heavy (non-hydrogen) atoms. The first kappa shape index (κ1) is 8.66. The number of aliphatic hydroxyl groups is 1. The van der Waals surface area contributed by atoms with Gasteiger partial charge in [0, 0.05) is 5.56 Å². The van der Waals surface area contributed by atoms with E-state index in [9.17, 15) is 9.50 Å². The highest BCUT2D eigenvalue weighted by molar-refractivity contribution is 5.34. The summed E-state index contributed by atoms with van der Waals surface area (Å²) in [5, 5.41) is 9.46. The SMILES string of the molecule is NC1c2c(F)cccc2CCC1O. The zero-order valence-electron chi connectivity index (χ0n) is 7.20. The fraction of sp³-hybridized carbons (Fsp3) is 0.400. The fourth-order valence-electron chi connectivity index (χ4n) is 1.85. The Labute approximate surface area is 76.2 Å². The van der Waals surface area contributed by atoms with Gasteiger partial charge in [-0.05, 0) is 24.5 Å². The summed E-state index contributed by atoms with van der Waals surface area (Å²) in [5.41, 5.74) is 7.12. The van der Waals surface area contributed by atoms with Crippen LogP contribution in [0.1, 0.15) is 23.6 Å². The zero-order valence-corrected chi connectivity index (χ0v) is 7.20. The van der Waals surface area contributed by atoms with E-state index in [1.54, 1.807) is 6.07 Å². The van der Waals surface area contributed by atoms with Crippen LogP contribution in [0.4, 0.5) is 4.39 Å². The number of benzene rings is 1. The number of nitrogens with two attached hydrogens (primary N) is 1. The second-order valence-corrected chi connectivity index (χ2v) is 3.44. The van der Waals surface area contributed by atoms with Crippen molar-refractivity contribution in [2.75, 3.05) is 0 Å². The summed E-state index contributed by atoms with van der Waals surface area (Å²) in [6.07, 6.45) is 0.726. The second kappa shape index (κ2) is 3.09. The molecule has 0 fully saturated rings. The van der Waals surface area contributed by atoms with Gasteiger partial charge in [0.1, 0.15) is 5.82 Å². The smallest absolute Gasteiger partial charge is 0.128 e. The number of fused-ring (bicyclic) bond motifs is 1. The van der Waals surface area contributed by atoms with Crippen LogP contribution in [0.25, 0.3) is 0 Å². The van der Waals surface area contributed by atoms with E-state index in [0.717, 1.165) is 5.56 Å². The Hall–Kier alpha value is -0.930. The molecule has 70 valence electrons. The van der Waals surface area contributed by atoms with Crippen molar-refractivity contribution in [3.8, 4) is 0 Å². The maximum atomic E-state index is 13.3. The van der Waals surface area contributed by atoms with E-state index < -0.39 is 12.1 Å². The second-order valence-electron chi connectivity index (χ2n) is 3.44. The van der Waals surface area contributed by atoms with Crippen molar-refractivity contribution in [1.29, 1.82) is 0 Å². The van der Waals surface area contributed by atoms with Crippen molar-refractivity contribution in [3.05, 3.63) is 35.1 Å². The zero-order chi connectivity index (χ0) is 9.42. The van der Waals surface area contributed by atoms with E-state index >= 15 is 0 Å². The van der Waals surface area contributed by atoms with Gasteiger partial charge in [-0.3, -0.25) is 0 Å². The molecule has 3 N–H and O–H groups in total. The molecular weight excluding hydrogens is 169 g/mol. The van der Waals surface area contributed by atoms with E-state index in [1.807, 2.05) is 6.07 Å². The maximum absolute atomic E-state index is 13.3. The Balaban J connectivity index is 2.51. The Morgan fingerprint density at radius 1 is 1.46 bits per heavy atom. The van der Waals surface area contributed by atoms with Crippen molar-refractivity contribution in [2.24, 2.45) is 5.73 Å². The van der Waals surface area contributed by atoms with Gasteiger partial charge in [-0.2, -0.15) is 0 Å². The minimum atomic E-state index is -0.607. The summed E-state index contributed by atoms with van der Waals surface area (Å²) in [5.74, 6) is -0.302. The summed E-state index contributed by atoms with van der Waals surface area (Å²) in [6, 6.07) is 4.37. The highest BCUT2D eigenvalue weighted by Gasteiger charge is 2.27. The summed E-state index contributed by atoms with van der Waals surface area (Å²) in [7, 11) is 0. The number of aliphatic hydroxyl groups excluding tert-OH is 1. The van der Waals surface area contributed by atoms with Gasteiger partial charge >= 0.3 is 0 Å². The van der Waals surface area contributed by atoms with Crippen LogP contribution in [0.3, 0.4) is 0 Å². The lowest BCUT2D eigenvalue weighted by Gasteiger charge is -2.27. The Morgan fingerprint density at radius 3 is 3.00 bits per heavy atom. The first-order valence-electron chi connectivity index (χ1n) is 4.41. The first-order chi connectivity index (χ1) is 6.20. The molecule has 2 unspecified atom stereocenters. The number of halogens is 1. The monoisotopic (exact) mass is 181 g/mol. The third-order valence-electron chi connectivity index (χ3n) is 2.60. The van der Waals surface area contributed by atoms with Crippen LogP contribution < -0.4 is 5.73 Å². The summed E-state index contributed by atoms with van der Waals surface area (Å²) >= 11 is 0. The molecular formula is C10H12FNO. The molecule has 0 heterocycles. The van der Waals surface area contributed by atoms with Crippen LogP contribution in [0.5, 0.6) is 0 Å². The third kappa shape index (κ3) is 1.34. The minimum Gasteiger partial charge on any atom is -0.391 e. The predicted molar refractivity (Wildman–Crippen MR) is 47.7 cm³/mol. The van der Waals surface area contributed by atoms with Gasteiger partial charge in [0.05, 0.1) is 12.1 Å². The average molecular weight is 181 g/mol. The summed E-state index contributed by atoms with van der Waals surface area (Å²) in [4.78, 5) is 0. The van der Waals surface area contributed by atoms with Crippen LogP contribution in [0, 0.1) is 5.82 Å². The fourth-order valence-corrected chi connectivity index (χ4v) is 1.85. The van der Waals surface area contributed by atoms with E-state index in [4.69, 9.17) is 5.73 Å². The van der Waals surface area contributed by atoms with Crippen molar-refractivity contribution < 1.29 is 9.50 Å². The van der Waals surface area contributed by atoms with Crippen LogP contribution >= 0.6 is 0 Å². The summed E-state index contributed by atoms with van der Waals surface area (Å²) in [6.45, 7) is 0. The molecule has 2 nitrogen and oxygen atoms in total. The molecule has 2 rings (SSSR count). The molecule has 1 aromatic rings. The van der Waals surface area contributed by atoms with Crippen LogP contribution in [-0.2, 0) is 6.42 Å². The lowest BCUT2D eigenvalue weighted by Crippen LogP contribution is -2.32. The lowest BCUT2D eigenvalue weighted by atomic mass is 9.86. The Bertz CT molecular complexity index is 327. The van der Waals surface area contributed by atoms with E-state index in [-0.39, 0.29) is 5.82 Å². The van der Waals surface area contributed by atoms with Gasteiger partial charge < -0.3 is 10.8 Å². The molecule has 3 heteroatoms. The third-order valence-corrected chi connectivity index (χ3v) is 2.60. The quantitative estimate of drug-likeness (QED) is 0.630. The standard InChI is InChI=1S/C10H12FNO/c11-7-3-1-2-6-4-5-8(13)10(12)9(6)7/h1-3,8,10,13H,4-5,12H2. The molecule has 1 aromatic carbocycles.